The Kier molecular flexibility index (Phi) is 5.48. The van der Waals surface area contributed by atoms with E-state index >= 15 is 0 Å². The molecule has 1 N–H and O–H groups in total. The molecule has 0 radical (unpaired) electrons. The van der Waals surface area contributed by atoms with Crippen LogP contribution in [-0.4, -0.2) is 30.7 Å². The number of aromatic nitrogens is 5. The summed E-state index contributed by atoms with van der Waals surface area (Å²) in [5.74, 6) is 0.608. The van der Waals surface area contributed by atoms with Crippen LogP contribution in [0.15, 0.2) is 23.2 Å². The van der Waals surface area contributed by atoms with Crippen molar-refractivity contribution >= 4 is 38.9 Å². The van der Waals surface area contributed by atoms with Crippen molar-refractivity contribution in [2.75, 3.05) is 5.32 Å². The zero-order valence-corrected chi connectivity index (χ0v) is 16.1. The van der Waals surface area contributed by atoms with E-state index in [0.29, 0.717) is 25.2 Å². The van der Waals surface area contributed by atoms with Gasteiger partial charge in [0.1, 0.15) is 16.4 Å². The van der Waals surface area contributed by atoms with E-state index in [1.807, 2.05) is 13.0 Å². The Morgan fingerprint density at radius 1 is 1.44 bits per heavy atom. The number of nitrogens with zero attached hydrogens (tertiary/aromatic N) is 5. The molecule has 0 saturated carbocycles. The van der Waals surface area contributed by atoms with Gasteiger partial charge in [0.2, 0.25) is 5.28 Å². The third-order valence-corrected chi connectivity index (χ3v) is 4.91. The first-order chi connectivity index (χ1) is 12.0. The highest BCUT2D eigenvalue weighted by molar-refractivity contribution is 9.10. The van der Waals surface area contributed by atoms with Gasteiger partial charge in [-0.05, 0) is 71.4 Å². The Morgan fingerprint density at radius 2 is 2.24 bits per heavy atom. The molecule has 6 nitrogen and oxygen atoms in total. The lowest BCUT2D eigenvalue weighted by atomic mass is 10.1. The average Bonchev–Trinajstić information content (AvgIpc) is 2.82. The molecule has 0 aliphatic rings. The lowest BCUT2D eigenvalue weighted by molar-refractivity contribution is 0.341. The molecule has 1 unspecified atom stereocenters. The summed E-state index contributed by atoms with van der Waals surface area (Å²) in [6.45, 7) is 4.01. The second kappa shape index (κ2) is 7.61. The van der Waals surface area contributed by atoms with Crippen LogP contribution in [0.3, 0.4) is 0 Å². The maximum atomic E-state index is 13.3. The fraction of sp³-hybridized carbons (Fsp3) is 0.375. The molecule has 0 bridgehead atoms. The molecule has 0 aliphatic heterocycles. The lowest BCUT2D eigenvalue weighted by Crippen LogP contribution is -2.07. The molecule has 3 aromatic rings. The predicted molar refractivity (Wildman–Crippen MR) is 98.7 cm³/mol. The van der Waals surface area contributed by atoms with Gasteiger partial charge in [0.05, 0.1) is 18.4 Å². The molecule has 25 heavy (non-hydrogen) atoms. The van der Waals surface area contributed by atoms with Gasteiger partial charge in [0.25, 0.3) is 0 Å². The number of nitrogens with one attached hydrogen (secondary N) is 1. The van der Waals surface area contributed by atoms with Crippen LogP contribution in [0, 0.1) is 6.92 Å². The highest BCUT2D eigenvalue weighted by Gasteiger charge is 2.19. The fourth-order valence-corrected chi connectivity index (χ4v) is 3.57. The summed E-state index contributed by atoms with van der Waals surface area (Å²) in [6.07, 6.45) is 3.37. The van der Waals surface area contributed by atoms with Crippen molar-refractivity contribution < 1.29 is 4.39 Å². The monoisotopic (exact) mass is 426 g/mol. The third-order valence-electron chi connectivity index (χ3n) is 3.94. The second-order valence-electron chi connectivity index (χ2n) is 5.76. The van der Waals surface area contributed by atoms with Gasteiger partial charge in [0.15, 0.2) is 5.82 Å². The van der Waals surface area contributed by atoms with Crippen LogP contribution < -0.4 is 5.32 Å². The smallest absolute Gasteiger partial charge is 0.243 e. The highest BCUT2D eigenvalue weighted by Crippen LogP contribution is 2.32. The van der Waals surface area contributed by atoms with Crippen molar-refractivity contribution in [3.8, 4) is 0 Å². The van der Waals surface area contributed by atoms with Crippen LogP contribution in [0.5, 0.6) is 0 Å². The summed E-state index contributed by atoms with van der Waals surface area (Å²) in [4.78, 5) is 12.4. The minimum atomic E-state index is -0.862. The molecule has 3 heterocycles. The molecule has 3 aromatic heterocycles. The number of aryl methyl sites for hydroxylation is 1. The number of hydrogen-bond donors (Lipinski definition) is 1. The Balaban J connectivity index is 1.99. The Hall–Kier alpha value is -1.80. The fourth-order valence-electron chi connectivity index (χ4n) is 2.66. The Labute approximate surface area is 158 Å². The third kappa shape index (κ3) is 3.90. The number of fused-ring (bicyclic) bond motifs is 1. The van der Waals surface area contributed by atoms with E-state index in [4.69, 9.17) is 11.6 Å². The molecule has 0 amide bonds. The number of halogens is 3. The summed E-state index contributed by atoms with van der Waals surface area (Å²) in [6, 6.07) is 1.82. The highest BCUT2D eigenvalue weighted by atomic mass is 79.9. The number of alkyl halides is 1. The van der Waals surface area contributed by atoms with Gasteiger partial charge in [-0.15, -0.1) is 5.10 Å². The maximum Gasteiger partial charge on any atom is 0.243 e. The SMILES string of the molecule is Cc1c(CCC(C)F)c(Br)n2nc(Cl)nc(NCc3ccncn3)c12. The van der Waals surface area contributed by atoms with E-state index in [1.165, 1.54) is 6.33 Å². The summed E-state index contributed by atoms with van der Waals surface area (Å²) >= 11 is 9.64. The molecule has 0 aliphatic carbocycles. The van der Waals surface area contributed by atoms with E-state index in [1.54, 1.807) is 17.6 Å². The van der Waals surface area contributed by atoms with Crippen molar-refractivity contribution in [3.63, 3.8) is 0 Å². The zero-order chi connectivity index (χ0) is 18.0. The van der Waals surface area contributed by atoms with E-state index in [2.05, 4.69) is 41.3 Å². The van der Waals surface area contributed by atoms with E-state index in [0.717, 1.165) is 26.9 Å². The van der Waals surface area contributed by atoms with Gasteiger partial charge in [-0.1, -0.05) is 0 Å². The largest absolute Gasteiger partial charge is 0.363 e. The number of rotatable bonds is 6. The standard InChI is InChI=1S/C16H17BrClFN6/c1-9(19)3-4-12-10(2)13-15(21-7-11-5-6-20-8-22-11)23-16(18)24-25(13)14(12)17/h5-6,8-9H,3-4,7H2,1-2H3,(H,21,23,24). The van der Waals surface area contributed by atoms with Crippen molar-refractivity contribution in [1.29, 1.82) is 0 Å². The summed E-state index contributed by atoms with van der Waals surface area (Å²) in [5.41, 5.74) is 3.64. The molecule has 1 atom stereocenters. The van der Waals surface area contributed by atoms with Gasteiger partial charge in [0, 0.05) is 6.20 Å². The molecule has 9 heteroatoms. The molecule has 132 valence electrons. The molecule has 3 rings (SSSR count). The van der Waals surface area contributed by atoms with E-state index in [9.17, 15) is 4.39 Å². The number of anilines is 1. The maximum absolute atomic E-state index is 13.3. The quantitative estimate of drug-likeness (QED) is 0.640. The minimum absolute atomic E-state index is 0.124. The minimum Gasteiger partial charge on any atom is -0.363 e. The summed E-state index contributed by atoms with van der Waals surface area (Å²) in [5, 5.41) is 7.64. The lowest BCUT2D eigenvalue weighted by Gasteiger charge is -2.08. The Bertz CT molecular complexity index is 883. The van der Waals surface area contributed by atoms with Crippen LogP contribution in [0.25, 0.3) is 5.52 Å². The molecule has 0 fully saturated rings. The molecule has 0 saturated heterocycles. The molecular weight excluding hydrogens is 411 g/mol. The first-order valence-electron chi connectivity index (χ1n) is 7.83. The van der Waals surface area contributed by atoms with Gasteiger partial charge < -0.3 is 5.32 Å². The van der Waals surface area contributed by atoms with Gasteiger partial charge in [-0.25, -0.2) is 18.9 Å². The van der Waals surface area contributed by atoms with Crippen molar-refractivity contribution in [1.82, 2.24) is 24.6 Å². The zero-order valence-electron chi connectivity index (χ0n) is 13.8. The van der Waals surface area contributed by atoms with Crippen LogP contribution in [0.4, 0.5) is 10.2 Å². The summed E-state index contributed by atoms with van der Waals surface area (Å²) in [7, 11) is 0. The first-order valence-corrected chi connectivity index (χ1v) is 9.00. The normalized spacial score (nSPS) is 12.5. The topological polar surface area (TPSA) is 68.0 Å². The second-order valence-corrected chi connectivity index (χ2v) is 6.85. The van der Waals surface area contributed by atoms with Gasteiger partial charge >= 0.3 is 0 Å². The van der Waals surface area contributed by atoms with Crippen LogP contribution >= 0.6 is 27.5 Å². The van der Waals surface area contributed by atoms with E-state index < -0.39 is 6.17 Å². The van der Waals surface area contributed by atoms with Crippen LogP contribution in [0.1, 0.15) is 30.2 Å². The van der Waals surface area contributed by atoms with Crippen LogP contribution in [-0.2, 0) is 13.0 Å². The summed E-state index contributed by atoms with van der Waals surface area (Å²) < 4.78 is 15.7. The van der Waals surface area contributed by atoms with Crippen LogP contribution in [0.2, 0.25) is 5.28 Å². The van der Waals surface area contributed by atoms with Crippen molar-refractivity contribution in [2.24, 2.45) is 0 Å². The molecule has 0 spiro atoms. The van der Waals surface area contributed by atoms with Gasteiger partial charge in [-0.2, -0.15) is 4.98 Å². The molecular formula is C16H17BrClFN6. The van der Waals surface area contributed by atoms with E-state index in [-0.39, 0.29) is 5.28 Å². The molecule has 0 aromatic carbocycles. The predicted octanol–water partition coefficient (Wildman–Crippen LogP) is 4.15. The number of hydrogen-bond acceptors (Lipinski definition) is 5. The average molecular weight is 428 g/mol. The first kappa shape index (κ1) is 18.0. The Morgan fingerprint density at radius 3 is 2.92 bits per heavy atom. The van der Waals surface area contributed by atoms with Gasteiger partial charge in [-0.3, -0.25) is 0 Å². The van der Waals surface area contributed by atoms with Crippen molar-refractivity contribution in [2.45, 2.75) is 39.4 Å². The van der Waals surface area contributed by atoms with Crippen molar-refractivity contribution in [3.05, 3.63) is 45.3 Å².